The number of hydrogen-bond donors (Lipinski definition) is 2. The molecule has 0 aromatic rings. The molecule has 0 aromatic heterocycles. The lowest BCUT2D eigenvalue weighted by molar-refractivity contribution is -0.136. The molecular formula is C12H24N2O2. The van der Waals surface area contributed by atoms with E-state index in [0.29, 0.717) is 6.54 Å². The highest BCUT2D eigenvalue weighted by atomic mass is 16.4. The lowest BCUT2D eigenvalue weighted by Gasteiger charge is -2.19. The van der Waals surface area contributed by atoms with Gasteiger partial charge in [-0.2, -0.15) is 0 Å². The maximum atomic E-state index is 10.3. The van der Waals surface area contributed by atoms with Crippen LogP contribution in [0.1, 0.15) is 38.5 Å². The molecule has 16 heavy (non-hydrogen) atoms. The van der Waals surface area contributed by atoms with Gasteiger partial charge in [0.25, 0.3) is 0 Å². The van der Waals surface area contributed by atoms with Crippen molar-refractivity contribution in [2.75, 3.05) is 32.7 Å². The third kappa shape index (κ3) is 6.80. The number of nitrogens with one attached hydrogen (secondary N) is 1. The fourth-order valence-electron chi connectivity index (χ4n) is 2.11. The Morgan fingerprint density at radius 1 is 1.12 bits per heavy atom. The van der Waals surface area contributed by atoms with E-state index in [1.165, 1.54) is 38.8 Å². The van der Waals surface area contributed by atoms with Gasteiger partial charge < -0.3 is 15.3 Å². The standard InChI is InChI=1S/C12H24N2O2/c15-12(16)6-8-13-7-5-11-14-9-3-1-2-4-10-14/h13H,1-11H2,(H,15,16). The maximum Gasteiger partial charge on any atom is 0.304 e. The van der Waals surface area contributed by atoms with Gasteiger partial charge in [-0.3, -0.25) is 4.79 Å². The Hall–Kier alpha value is -0.610. The van der Waals surface area contributed by atoms with Gasteiger partial charge in [0.1, 0.15) is 0 Å². The van der Waals surface area contributed by atoms with Crippen molar-refractivity contribution in [1.82, 2.24) is 10.2 Å². The molecule has 94 valence electrons. The fourth-order valence-corrected chi connectivity index (χ4v) is 2.11. The van der Waals surface area contributed by atoms with Crippen LogP contribution in [0.3, 0.4) is 0 Å². The zero-order chi connectivity index (χ0) is 11.6. The molecule has 0 spiro atoms. The summed E-state index contributed by atoms with van der Waals surface area (Å²) in [7, 11) is 0. The Balaban J connectivity index is 1.91. The van der Waals surface area contributed by atoms with Crippen LogP contribution >= 0.6 is 0 Å². The molecule has 0 atom stereocenters. The summed E-state index contributed by atoms with van der Waals surface area (Å²) >= 11 is 0. The van der Waals surface area contributed by atoms with E-state index in [0.717, 1.165) is 19.5 Å². The van der Waals surface area contributed by atoms with Crippen molar-refractivity contribution in [3.8, 4) is 0 Å². The van der Waals surface area contributed by atoms with Gasteiger partial charge in [0, 0.05) is 6.54 Å². The van der Waals surface area contributed by atoms with Crippen LogP contribution in [0.25, 0.3) is 0 Å². The van der Waals surface area contributed by atoms with Crippen molar-refractivity contribution in [3.63, 3.8) is 0 Å². The number of carboxylic acids is 1. The summed E-state index contributed by atoms with van der Waals surface area (Å²) in [6, 6.07) is 0. The maximum absolute atomic E-state index is 10.3. The third-order valence-electron chi connectivity index (χ3n) is 3.04. The number of likely N-dealkylation sites (tertiary alicyclic amines) is 1. The molecule has 1 aliphatic rings. The largest absolute Gasteiger partial charge is 0.481 e. The van der Waals surface area contributed by atoms with E-state index in [1.54, 1.807) is 0 Å². The molecule has 0 bridgehead atoms. The monoisotopic (exact) mass is 228 g/mol. The zero-order valence-corrected chi connectivity index (χ0v) is 10.1. The summed E-state index contributed by atoms with van der Waals surface area (Å²) in [5.74, 6) is -0.722. The number of aliphatic carboxylic acids is 1. The van der Waals surface area contributed by atoms with Crippen LogP contribution < -0.4 is 5.32 Å². The predicted octanol–water partition coefficient (Wildman–Crippen LogP) is 1.32. The van der Waals surface area contributed by atoms with Gasteiger partial charge >= 0.3 is 5.97 Å². The summed E-state index contributed by atoms with van der Waals surface area (Å²) in [5, 5.41) is 11.6. The molecule has 0 aromatic carbocycles. The van der Waals surface area contributed by atoms with E-state index >= 15 is 0 Å². The highest BCUT2D eigenvalue weighted by Gasteiger charge is 2.07. The average Bonchev–Trinajstić information content (AvgIpc) is 2.51. The first-order chi connectivity index (χ1) is 7.79. The zero-order valence-electron chi connectivity index (χ0n) is 10.1. The quantitative estimate of drug-likeness (QED) is 0.645. The van der Waals surface area contributed by atoms with E-state index in [2.05, 4.69) is 10.2 Å². The van der Waals surface area contributed by atoms with E-state index in [4.69, 9.17) is 5.11 Å². The smallest absolute Gasteiger partial charge is 0.304 e. The van der Waals surface area contributed by atoms with Crippen molar-refractivity contribution in [3.05, 3.63) is 0 Å². The predicted molar refractivity (Wildman–Crippen MR) is 64.6 cm³/mol. The van der Waals surface area contributed by atoms with Crippen LogP contribution in [0.5, 0.6) is 0 Å². The summed E-state index contributed by atoms with van der Waals surface area (Å²) in [5.41, 5.74) is 0. The second kappa shape index (κ2) is 8.53. The Morgan fingerprint density at radius 2 is 1.81 bits per heavy atom. The van der Waals surface area contributed by atoms with Crippen LogP contribution in [0.2, 0.25) is 0 Å². The average molecular weight is 228 g/mol. The second-order valence-electron chi connectivity index (χ2n) is 4.50. The first-order valence-corrected chi connectivity index (χ1v) is 6.44. The molecule has 1 aliphatic heterocycles. The molecule has 0 aliphatic carbocycles. The number of carbonyl (C=O) groups is 1. The van der Waals surface area contributed by atoms with Crippen molar-refractivity contribution in [1.29, 1.82) is 0 Å². The number of hydrogen-bond acceptors (Lipinski definition) is 3. The Labute approximate surface area is 98.0 Å². The first kappa shape index (κ1) is 13.5. The summed E-state index contributed by atoms with van der Waals surface area (Å²) in [4.78, 5) is 12.8. The summed E-state index contributed by atoms with van der Waals surface area (Å²) in [6.45, 7) is 5.17. The van der Waals surface area contributed by atoms with Crippen LogP contribution in [0, 0.1) is 0 Å². The summed E-state index contributed by atoms with van der Waals surface area (Å²) in [6.07, 6.45) is 6.79. The molecule has 0 saturated carbocycles. The number of rotatable bonds is 7. The SMILES string of the molecule is O=C(O)CCNCCCN1CCCCCC1. The molecule has 0 radical (unpaired) electrons. The van der Waals surface area contributed by atoms with Gasteiger partial charge in [0.05, 0.1) is 6.42 Å². The van der Waals surface area contributed by atoms with Crippen LogP contribution in [-0.4, -0.2) is 48.7 Å². The van der Waals surface area contributed by atoms with Gasteiger partial charge in [-0.25, -0.2) is 0 Å². The fraction of sp³-hybridized carbons (Fsp3) is 0.917. The minimum absolute atomic E-state index is 0.226. The molecule has 1 rings (SSSR count). The van der Waals surface area contributed by atoms with Gasteiger partial charge in [0.15, 0.2) is 0 Å². The molecule has 1 heterocycles. The number of carboxylic acid groups (broad SMARTS) is 1. The minimum Gasteiger partial charge on any atom is -0.481 e. The van der Waals surface area contributed by atoms with Gasteiger partial charge in [0.2, 0.25) is 0 Å². The van der Waals surface area contributed by atoms with Gasteiger partial charge in [-0.15, -0.1) is 0 Å². The molecule has 2 N–H and O–H groups in total. The van der Waals surface area contributed by atoms with Gasteiger partial charge in [-0.1, -0.05) is 12.8 Å². The Bertz CT molecular complexity index is 189. The lowest BCUT2D eigenvalue weighted by Crippen LogP contribution is -2.29. The van der Waals surface area contributed by atoms with Crippen LogP contribution in [0.15, 0.2) is 0 Å². The van der Waals surface area contributed by atoms with Crippen LogP contribution in [0.4, 0.5) is 0 Å². The number of nitrogens with zero attached hydrogens (tertiary/aromatic N) is 1. The van der Waals surface area contributed by atoms with Crippen molar-refractivity contribution < 1.29 is 9.90 Å². The molecule has 0 amide bonds. The van der Waals surface area contributed by atoms with Crippen LogP contribution in [-0.2, 0) is 4.79 Å². The highest BCUT2D eigenvalue weighted by molar-refractivity contribution is 5.66. The molecule has 1 saturated heterocycles. The molecule has 0 unspecified atom stereocenters. The van der Waals surface area contributed by atoms with E-state index < -0.39 is 5.97 Å². The van der Waals surface area contributed by atoms with Crippen molar-refractivity contribution >= 4 is 5.97 Å². The Kier molecular flexibility index (Phi) is 7.17. The van der Waals surface area contributed by atoms with Crippen molar-refractivity contribution in [2.24, 2.45) is 0 Å². The molecule has 4 nitrogen and oxygen atoms in total. The first-order valence-electron chi connectivity index (χ1n) is 6.44. The van der Waals surface area contributed by atoms with Crippen molar-refractivity contribution in [2.45, 2.75) is 38.5 Å². The third-order valence-corrected chi connectivity index (χ3v) is 3.04. The van der Waals surface area contributed by atoms with Gasteiger partial charge in [-0.05, 0) is 45.4 Å². The molecule has 1 fully saturated rings. The normalized spacial score (nSPS) is 18.2. The summed E-state index contributed by atoms with van der Waals surface area (Å²) < 4.78 is 0. The Morgan fingerprint density at radius 3 is 2.44 bits per heavy atom. The van der Waals surface area contributed by atoms with E-state index in [-0.39, 0.29) is 6.42 Å². The molecular weight excluding hydrogens is 204 g/mol. The lowest BCUT2D eigenvalue weighted by atomic mass is 10.2. The van der Waals surface area contributed by atoms with E-state index in [1.807, 2.05) is 0 Å². The minimum atomic E-state index is -0.722. The topological polar surface area (TPSA) is 52.6 Å². The van der Waals surface area contributed by atoms with E-state index in [9.17, 15) is 4.79 Å². The highest BCUT2D eigenvalue weighted by Crippen LogP contribution is 2.09. The molecule has 4 heteroatoms. The second-order valence-corrected chi connectivity index (χ2v) is 4.50.